The van der Waals surface area contributed by atoms with Gasteiger partial charge in [-0.25, -0.2) is 18.4 Å². The van der Waals surface area contributed by atoms with Crippen molar-refractivity contribution in [3.8, 4) is 11.3 Å². The number of hydrogen-bond donors (Lipinski definition) is 2. The Morgan fingerprint density at radius 2 is 1.72 bits per heavy atom. The number of sulfonamides is 1. The van der Waals surface area contributed by atoms with E-state index >= 15 is 0 Å². The van der Waals surface area contributed by atoms with Crippen molar-refractivity contribution in [1.29, 1.82) is 0 Å². The fraction of sp³-hybridized carbons (Fsp3) is 0.273. The molecule has 0 aliphatic carbocycles. The average molecular weight is 411 g/mol. The Balaban J connectivity index is 1.67. The summed E-state index contributed by atoms with van der Waals surface area (Å²) in [5.74, 6) is 0.287. The molecule has 6 nitrogen and oxygen atoms in total. The van der Waals surface area contributed by atoms with Crippen LogP contribution in [0.15, 0.2) is 48.5 Å². The minimum absolute atomic E-state index is 0.287. The average Bonchev–Trinajstić information content (AvgIpc) is 2.64. The number of nitrogens with two attached hydrogens (primary N) is 1. The lowest BCUT2D eigenvalue weighted by Crippen LogP contribution is -2.09. The first-order valence-corrected chi connectivity index (χ1v) is 11.4. The van der Waals surface area contributed by atoms with E-state index in [9.17, 15) is 8.42 Å². The Labute approximate surface area is 172 Å². The third kappa shape index (κ3) is 5.77. The zero-order valence-corrected chi connectivity index (χ0v) is 17.8. The van der Waals surface area contributed by atoms with Gasteiger partial charge in [0.25, 0.3) is 0 Å². The first-order valence-electron chi connectivity index (χ1n) is 9.48. The van der Waals surface area contributed by atoms with E-state index in [1.54, 1.807) is 12.1 Å². The zero-order chi connectivity index (χ0) is 21.0. The van der Waals surface area contributed by atoms with E-state index in [2.05, 4.69) is 40.7 Å². The van der Waals surface area contributed by atoms with Gasteiger partial charge >= 0.3 is 0 Å². The van der Waals surface area contributed by atoms with Gasteiger partial charge in [0.2, 0.25) is 16.0 Å². The van der Waals surface area contributed by atoms with Crippen LogP contribution in [-0.2, 0) is 22.9 Å². The minimum atomic E-state index is -3.26. The second-order valence-corrected chi connectivity index (χ2v) is 9.02. The van der Waals surface area contributed by atoms with Crippen LogP contribution >= 0.6 is 0 Å². The SMILES string of the molecule is Cc1cccc(-c2cc(CCCc3ccc(NS(C)(=O)=O)cc3)nc(N)n2)c1C. The van der Waals surface area contributed by atoms with Crippen LogP contribution in [0.4, 0.5) is 11.6 Å². The van der Waals surface area contributed by atoms with Crippen molar-refractivity contribution in [2.45, 2.75) is 33.1 Å². The maximum absolute atomic E-state index is 11.3. The molecule has 1 heterocycles. The van der Waals surface area contributed by atoms with Crippen LogP contribution in [0.3, 0.4) is 0 Å². The predicted octanol–water partition coefficient (Wildman–Crippen LogP) is 3.89. The number of hydrogen-bond acceptors (Lipinski definition) is 5. The molecule has 0 atom stereocenters. The van der Waals surface area contributed by atoms with Crippen LogP contribution in [0.25, 0.3) is 11.3 Å². The molecule has 0 saturated carbocycles. The molecule has 0 saturated heterocycles. The molecular weight excluding hydrogens is 384 g/mol. The lowest BCUT2D eigenvalue weighted by Gasteiger charge is -2.10. The van der Waals surface area contributed by atoms with Crippen LogP contribution in [-0.4, -0.2) is 24.6 Å². The molecule has 7 heteroatoms. The Hall–Kier alpha value is -2.93. The van der Waals surface area contributed by atoms with Gasteiger partial charge in [-0.2, -0.15) is 0 Å². The standard InChI is InChI=1S/C22H26N4O2S/c1-15-6-4-9-20(16(15)2)21-14-19(24-22(23)25-21)8-5-7-17-10-12-18(13-11-17)26-29(3,27)28/h4,6,9-14,26H,5,7-8H2,1-3H3,(H2,23,24,25). The van der Waals surface area contributed by atoms with Gasteiger partial charge in [-0.1, -0.05) is 30.3 Å². The number of nitrogens with one attached hydrogen (secondary N) is 1. The fourth-order valence-electron chi connectivity index (χ4n) is 3.24. The molecule has 3 rings (SSSR count). The summed E-state index contributed by atoms with van der Waals surface area (Å²) in [4.78, 5) is 8.81. The van der Waals surface area contributed by atoms with Gasteiger partial charge in [0.1, 0.15) is 0 Å². The lowest BCUT2D eigenvalue weighted by atomic mass is 10.00. The molecule has 1 aromatic heterocycles. The highest BCUT2D eigenvalue weighted by atomic mass is 32.2. The molecule has 0 spiro atoms. The van der Waals surface area contributed by atoms with Gasteiger partial charge in [0.15, 0.2) is 0 Å². The van der Waals surface area contributed by atoms with Gasteiger partial charge in [0, 0.05) is 16.9 Å². The molecule has 2 aromatic carbocycles. The first-order chi connectivity index (χ1) is 13.7. The second-order valence-electron chi connectivity index (χ2n) is 7.27. The van der Waals surface area contributed by atoms with Crippen molar-refractivity contribution in [3.05, 3.63) is 70.9 Å². The number of anilines is 2. The second kappa shape index (κ2) is 8.61. The molecule has 0 radical (unpaired) electrons. The zero-order valence-electron chi connectivity index (χ0n) is 16.9. The molecule has 0 aliphatic rings. The smallest absolute Gasteiger partial charge is 0.229 e. The van der Waals surface area contributed by atoms with Gasteiger partial charge in [-0.3, -0.25) is 4.72 Å². The summed E-state index contributed by atoms with van der Waals surface area (Å²) in [6, 6.07) is 15.6. The molecule has 0 bridgehead atoms. The van der Waals surface area contributed by atoms with Crippen LogP contribution < -0.4 is 10.5 Å². The molecule has 3 N–H and O–H groups in total. The molecule has 152 valence electrons. The van der Waals surface area contributed by atoms with E-state index in [-0.39, 0.29) is 5.95 Å². The maximum atomic E-state index is 11.3. The van der Waals surface area contributed by atoms with Crippen molar-refractivity contribution in [2.75, 3.05) is 16.7 Å². The van der Waals surface area contributed by atoms with E-state index in [4.69, 9.17) is 5.73 Å². The minimum Gasteiger partial charge on any atom is -0.368 e. The van der Waals surface area contributed by atoms with Crippen LogP contribution in [0.1, 0.15) is 28.8 Å². The predicted molar refractivity (Wildman–Crippen MR) is 118 cm³/mol. The van der Waals surface area contributed by atoms with Gasteiger partial charge < -0.3 is 5.73 Å². The van der Waals surface area contributed by atoms with E-state index in [1.165, 1.54) is 11.1 Å². The fourth-order valence-corrected chi connectivity index (χ4v) is 3.80. The quantitative estimate of drug-likeness (QED) is 0.616. The van der Waals surface area contributed by atoms with Crippen molar-refractivity contribution >= 4 is 21.7 Å². The van der Waals surface area contributed by atoms with E-state index in [1.807, 2.05) is 24.3 Å². The highest BCUT2D eigenvalue weighted by Crippen LogP contribution is 2.25. The molecular formula is C22H26N4O2S. The van der Waals surface area contributed by atoms with Crippen molar-refractivity contribution in [2.24, 2.45) is 0 Å². The summed E-state index contributed by atoms with van der Waals surface area (Å²) in [5, 5.41) is 0. The molecule has 3 aromatic rings. The number of aromatic nitrogens is 2. The Morgan fingerprint density at radius 1 is 1.00 bits per heavy atom. The Bertz CT molecular complexity index is 1110. The van der Waals surface area contributed by atoms with E-state index in [0.29, 0.717) is 5.69 Å². The third-order valence-electron chi connectivity index (χ3n) is 4.83. The molecule has 0 aliphatic heterocycles. The monoisotopic (exact) mass is 410 g/mol. The summed E-state index contributed by atoms with van der Waals surface area (Å²) in [7, 11) is -3.26. The highest BCUT2D eigenvalue weighted by molar-refractivity contribution is 7.92. The van der Waals surface area contributed by atoms with Crippen molar-refractivity contribution in [3.63, 3.8) is 0 Å². The van der Waals surface area contributed by atoms with Gasteiger partial charge in [0.05, 0.1) is 11.9 Å². The highest BCUT2D eigenvalue weighted by Gasteiger charge is 2.09. The number of aryl methyl sites for hydroxylation is 3. The van der Waals surface area contributed by atoms with Crippen molar-refractivity contribution in [1.82, 2.24) is 9.97 Å². The summed E-state index contributed by atoms with van der Waals surface area (Å²) in [5.41, 5.74) is 12.9. The van der Waals surface area contributed by atoms with Crippen LogP contribution in [0, 0.1) is 13.8 Å². The van der Waals surface area contributed by atoms with Crippen LogP contribution in [0.2, 0.25) is 0 Å². The molecule has 0 fully saturated rings. The van der Waals surface area contributed by atoms with E-state index in [0.717, 1.165) is 48.0 Å². The molecule has 29 heavy (non-hydrogen) atoms. The summed E-state index contributed by atoms with van der Waals surface area (Å²) >= 11 is 0. The Kier molecular flexibility index (Phi) is 6.17. The third-order valence-corrected chi connectivity index (χ3v) is 5.44. The number of benzene rings is 2. The number of nitrogens with zero attached hydrogens (tertiary/aromatic N) is 2. The lowest BCUT2D eigenvalue weighted by molar-refractivity contribution is 0.607. The van der Waals surface area contributed by atoms with Crippen LogP contribution in [0.5, 0.6) is 0 Å². The van der Waals surface area contributed by atoms with Crippen molar-refractivity contribution < 1.29 is 8.42 Å². The first kappa shape index (κ1) is 20.8. The molecule has 0 unspecified atom stereocenters. The maximum Gasteiger partial charge on any atom is 0.229 e. The normalized spacial score (nSPS) is 11.4. The number of nitrogen functional groups attached to an aromatic ring is 1. The summed E-state index contributed by atoms with van der Waals surface area (Å²) in [6.07, 6.45) is 3.69. The molecule has 0 amide bonds. The number of rotatable bonds is 7. The summed E-state index contributed by atoms with van der Waals surface area (Å²) < 4.78 is 25.0. The van der Waals surface area contributed by atoms with Gasteiger partial charge in [-0.15, -0.1) is 0 Å². The van der Waals surface area contributed by atoms with E-state index < -0.39 is 10.0 Å². The Morgan fingerprint density at radius 3 is 2.41 bits per heavy atom. The summed E-state index contributed by atoms with van der Waals surface area (Å²) in [6.45, 7) is 4.17. The largest absolute Gasteiger partial charge is 0.368 e. The topological polar surface area (TPSA) is 98.0 Å². The van der Waals surface area contributed by atoms with Gasteiger partial charge in [-0.05, 0) is 68.0 Å².